The molecule has 0 fully saturated rings. The molecule has 0 aliphatic rings. The highest BCUT2D eigenvalue weighted by Crippen LogP contribution is 2.15. The third kappa shape index (κ3) is 5.19. The predicted molar refractivity (Wildman–Crippen MR) is 73.6 cm³/mol. The average Bonchev–Trinajstić information content (AvgIpc) is 2.35. The average molecular weight is 250 g/mol. The first kappa shape index (κ1) is 14.5. The summed E-state index contributed by atoms with van der Waals surface area (Å²) in [5.41, 5.74) is 1.78. The molecule has 4 heteroatoms. The second-order valence-electron chi connectivity index (χ2n) is 4.52. The fraction of sp³-hybridized carbons (Fsp3) is 0.500. The maximum absolute atomic E-state index is 11.7. The number of nitrogens with one attached hydrogen (secondary N) is 2. The fourth-order valence-corrected chi connectivity index (χ4v) is 1.44. The molecule has 0 saturated heterocycles. The van der Waals surface area contributed by atoms with Crippen LogP contribution in [0, 0.1) is 5.92 Å². The van der Waals surface area contributed by atoms with Crippen molar-refractivity contribution >= 4 is 11.7 Å². The fourth-order valence-electron chi connectivity index (χ4n) is 1.44. The largest absolute Gasteiger partial charge is 0.377 e. The van der Waals surface area contributed by atoms with E-state index in [1.54, 1.807) is 0 Å². The van der Waals surface area contributed by atoms with Crippen molar-refractivity contribution in [3.8, 4) is 0 Å². The number of hydrogen-bond acceptors (Lipinski definition) is 2. The van der Waals surface area contributed by atoms with Gasteiger partial charge in [0.15, 0.2) is 0 Å². The Morgan fingerprint density at radius 1 is 1.33 bits per heavy atom. The van der Waals surface area contributed by atoms with Gasteiger partial charge < -0.3 is 15.4 Å². The Labute approximate surface area is 109 Å². The van der Waals surface area contributed by atoms with E-state index in [-0.39, 0.29) is 6.03 Å². The summed E-state index contributed by atoms with van der Waals surface area (Å²) < 4.78 is 5.37. The first-order valence-electron chi connectivity index (χ1n) is 6.34. The van der Waals surface area contributed by atoms with Gasteiger partial charge >= 0.3 is 6.03 Å². The van der Waals surface area contributed by atoms with Gasteiger partial charge in [0.1, 0.15) is 0 Å². The van der Waals surface area contributed by atoms with Gasteiger partial charge in [-0.2, -0.15) is 0 Å². The lowest BCUT2D eigenvalue weighted by Crippen LogP contribution is -2.32. The van der Waals surface area contributed by atoms with E-state index >= 15 is 0 Å². The molecule has 0 aromatic heterocycles. The van der Waals surface area contributed by atoms with Crippen LogP contribution in [-0.2, 0) is 11.3 Å². The summed E-state index contributed by atoms with van der Waals surface area (Å²) in [6.45, 7) is 7.91. The van der Waals surface area contributed by atoms with E-state index in [1.165, 1.54) is 0 Å². The van der Waals surface area contributed by atoms with Crippen LogP contribution in [0.15, 0.2) is 24.3 Å². The van der Waals surface area contributed by atoms with Gasteiger partial charge in [0.2, 0.25) is 0 Å². The van der Waals surface area contributed by atoms with Crippen LogP contribution >= 0.6 is 0 Å². The number of carbonyl (C=O) groups is 1. The molecule has 2 amide bonds. The maximum atomic E-state index is 11.7. The molecule has 0 aliphatic heterocycles. The van der Waals surface area contributed by atoms with Crippen LogP contribution in [-0.4, -0.2) is 19.2 Å². The molecule has 100 valence electrons. The number of rotatable bonds is 6. The van der Waals surface area contributed by atoms with Gasteiger partial charge in [-0.05, 0) is 18.9 Å². The van der Waals surface area contributed by atoms with Gasteiger partial charge in [-0.1, -0.05) is 32.0 Å². The SMILES string of the molecule is CCOCc1ccccc1NC(=O)NCC(C)C. The second-order valence-corrected chi connectivity index (χ2v) is 4.52. The highest BCUT2D eigenvalue weighted by Gasteiger charge is 2.06. The molecule has 2 N–H and O–H groups in total. The summed E-state index contributed by atoms with van der Waals surface area (Å²) in [4.78, 5) is 11.7. The van der Waals surface area contributed by atoms with Crippen LogP contribution in [0.4, 0.5) is 10.5 Å². The molecule has 1 aromatic carbocycles. The molecule has 0 bridgehead atoms. The summed E-state index contributed by atoms with van der Waals surface area (Å²) >= 11 is 0. The summed E-state index contributed by atoms with van der Waals surface area (Å²) in [6, 6.07) is 7.49. The Morgan fingerprint density at radius 3 is 2.72 bits per heavy atom. The quantitative estimate of drug-likeness (QED) is 0.815. The van der Waals surface area contributed by atoms with Crippen molar-refractivity contribution in [2.24, 2.45) is 5.92 Å². The standard InChI is InChI=1S/C14H22N2O2/c1-4-18-10-12-7-5-6-8-13(12)16-14(17)15-9-11(2)3/h5-8,11H,4,9-10H2,1-3H3,(H2,15,16,17). The van der Waals surface area contributed by atoms with E-state index < -0.39 is 0 Å². The second kappa shape index (κ2) is 7.71. The Kier molecular flexibility index (Phi) is 6.22. The van der Waals surface area contributed by atoms with Crippen LogP contribution in [0.5, 0.6) is 0 Å². The lowest BCUT2D eigenvalue weighted by molar-refractivity contribution is 0.134. The molecule has 0 unspecified atom stereocenters. The molecule has 1 aromatic rings. The van der Waals surface area contributed by atoms with Gasteiger partial charge in [-0.25, -0.2) is 4.79 Å². The van der Waals surface area contributed by atoms with Crippen molar-refractivity contribution in [3.05, 3.63) is 29.8 Å². The van der Waals surface area contributed by atoms with Crippen molar-refractivity contribution in [1.82, 2.24) is 5.32 Å². The van der Waals surface area contributed by atoms with Crippen molar-refractivity contribution in [1.29, 1.82) is 0 Å². The van der Waals surface area contributed by atoms with Crippen molar-refractivity contribution in [2.45, 2.75) is 27.4 Å². The zero-order valence-electron chi connectivity index (χ0n) is 11.3. The molecule has 4 nitrogen and oxygen atoms in total. The molecule has 0 spiro atoms. The van der Waals surface area contributed by atoms with Gasteiger partial charge in [0.25, 0.3) is 0 Å². The van der Waals surface area contributed by atoms with E-state index in [9.17, 15) is 4.79 Å². The lowest BCUT2D eigenvalue weighted by Gasteiger charge is -2.12. The third-order valence-corrected chi connectivity index (χ3v) is 2.40. The van der Waals surface area contributed by atoms with Crippen molar-refractivity contribution in [2.75, 3.05) is 18.5 Å². The molecule has 0 heterocycles. The zero-order chi connectivity index (χ0) is 13.4. The lowest BCUT2D eigenvalue weighted by atomic mass is 10.2. The van der Waals surface area contributed by atoms with Crippen LogP contribution in [0.25, 0.3) is 0 Å². The van der Waals surface area contributed by atoms with Crippen LogP contribution in [0.2, 0.25) is 0 Å². The van der Waals surface area contributed by atoms with E-state index in [2.05, 4.69) is 24.5 Å². The zero-order valence-corrected chi connectivity index (χ0v) is 11.3. The van der Waals surface area contributed by atoms with Gasteiger partial charge in [-0.3, -0.25) is 0 Å². The molecule has 1 rings (SSSR count). The van der Waals surface area contributed by atoms with Gasteiger partial charge in [0.05, 0.1) is 6.61 Å². The summed E-state index contributed by atoms with van der Waals surface area (Å²) in [5, 5.41) is 5.67. The number of urea groups is 1. The highest BCUT2D eigenvalue weighted by atomic mass is 16.5. The topological polar surface area (TPSA) is 50.4 Å². The minimum absolute atomic E-state index is 0.173. The third-order valence-electron chi connectivity index (χ3n) is 2.40. The normalized spacial score (nSPS) is 10.4. The van der Waals surface area contributed by atoms with Crippen molar-refractivity contribution < 1.29 is 9.53 Å². The molecule has 18 heavy (non-hydrogen) atoms. The number of amides is 2. The first-order chi connectivity index (χ1) is 8.63. The van der Waals surface area contributed by atoms with Crippen LogP contribution in [0.3, 0.4) is 0 Å². The van der Waals surface area contributed by atoms with E-state index in [4.69, 9.17) is 4.74 Å². The Balaban J connectivity index is 2.57. The number of carbonyl (C=O) groups excluding carboxylic acids is 1. The number of benzene rings is 1. The molecule has 0 aliphatic carbocycles. The summed E-state index contributed by atoms with van der Waals surface area (Å²) in [6.07, 6.45) is 0. The van der Waals surface area contributed by atoms with Crippen LogP contribution < -0.4 is 10.6 Å². The molecule has 0 saturated carbocycles. The summed E-state index contributed by atoms with van der Waals surface area (Å²) in [5.74, 6) is 0.439. The Morgan fingerprint density at radius 2 is 2.06 bits per heavy atom. The molecular weight excluding hydrogens is 228 g/mol. The first-order valence-corrected chi connectivity index (χ1v) is 6.34. The van der Waals surface area contributed by atoms with Crippen LogP contribution in [0.1, 0.15) is 26.3 Å². The van der Waals surface area contributed by atoms with E-state index in [0.717, 1.165) is 11.3 Å². The monoisotopic (exact) mass is 250 g/mol. The number of anilines is 1. The minimum Gasteiger partial charge on any atom is -0.377 e. The van der Waals surface area contributed by atoms with Gasteiger partial charge in [-0.15, -0.1) is 0 Å². The van der Waals surface area contributed by atoms with E-state index in [0.29, 0.717) is 25.7 Å². The molecule has 0 atom stereocenters. The maximum Gasteiger partial charge on any atom is 0.319 e. The molecule has 0 radical (unpaired) electrons. The van der Waals surface area contributed by atoms with Gasteiger partial charge in [0, 0.05) is 24.4 Å². The predicted octanol–water partition coefficient (Wildman–Crippen LogP) is 3.00. The Bertz CT molecular complexity index is 378. The highest BCUT2D eigenvalue weighted by molar-refractivity contribution is 5.90. The van der Waals surface area contributed by atoms with Crippen molar-refractivity contribution in [3.63, 3.8) is 0 Å². The smallest absolute Gasteiger partial charge is 0.319 e. The van der Waals surface area contributed by atoms with E-state index in [1.807, 2.05) is 31.2 Å². The Hall–Kier alpha value is -1.55. The number of para-hydroxylation sites is 1. The minimum atomic E-state index is -0.173. The molecular formula is C14H22N2O2. The number of ether oxygens (including phenoxy) is 1. The summed E-state index contributed by atoms with van der Waals surface area (Å²) in [7, 11) is 0. The number of hydrogen-bond donors (Lipinski definition) is 2.